The molecule has 1 fully saturated rings. The fraction of sp³-hybridized carbons (Fsp3) is 0.412. The Morgan fingerprint density at radius 2 is 2.04 bits per heavy atom. The highest BCUT2D eigenvalue weighted by molar-refractivity contribution is 5.92. The van der Waals surface area contributed by atoms with Gasteiger partial charge in [-0.25, -0.2) is 4.68 Å². The Bertz CT molecular complexity index is 680. The lowest BCUT2D eigenvalue weighted by Crippen LogP contribution is -2.48. The molecule has 122 valence electrons. The van der Waals surface area contributed by atoms with Crippen LogP contribution in [0.2, 0.25) is 0 Å². The molecule has 1 amide bonds. The van der Waals surface area contributed by atoms with Gasteiger partial charge in [-0.2, -0.15) is 5.10 Å². The monoisotopic (exact) mass is 314 g/mol. The van der Waals surface area contributed by atoms with E-state index in [1.807, 2.05) is 36.1 Å². The number of piperidine rings is 1. The van der Waals surface area contributed by atoms with Crippen molar-refractivity contribution in [1.82, 2.24) is 14.7 Å². The standard InChI is InChI=1S/C17H22N4O2/c1-12-11-13(18)7-9-20(12)17(22)16-8-10-21(19-16)14-3-5-15(23-2)6-4-14/h3-6,8,10,12-13H,7,9,11,18H2,1-2H3. The third-order valence-corrected chi connectivity index (χ3v) is 4.32. The van der Waals surface area contributed by atoms with Crippen molar-refractivity contribution in [3.8, 4) is 11.4 Å². The molecule has 2 N–H and O–H groups in total. The summed E-state index contributed by atoms with van der Waals surface area (Å²) >= 11 is 0. The summed E-state index contributed by atoms with van der Waals surface area (Å²) in [6.45, 7) is 2.73. The molecule has 6 heteroatoms. The molecule has 2 heterocycles. The van der Waals surface area contributed by atoms with Crippen LogP contribution < -0.4 is 10.5 Å². The van der Waals surface area contributed by atoms with Crippen LogP contribution in [-0.4, -0.2) is 46.3 Å². The lowest BCUT2D eigenvalue weighted by atomic mass is 9.99. The number of likely N-dealkylation sites (tertiary alicyclic amines) is 1. The summed E-state index contributed by atoms with van der Waals surface area (Å²) in [6, 6.07) is 9.64. The SMILES string of the molecule is COc1ccc(-n2ccc(C(=O)N3CCC(N)CC3C)n2)cc1. The number of amides is 1. The van der Waals surface area contributed by atoms with Gasteiger partial charge in [-0.1, -0.05) is 0 Å². The van der Waals surface area contributed by atoms with Gasteiger partial charge in [0.25, 0.3) is 5.91 Å². The van der Waals surface area contributed by atoms with Crippen LogP contribution >= 0.6 is 0 Å². The molecule has 1 saturated heterocycles. The summed E-state index contributed by atoms with van der Waals surface area (Å²) in [5.41, 5.74) is 7.31. The van der Waals surface area contributed by atoms with Gasteiger partial charge in [0.05, 0.1) is 12.8 Å². The number of hydrogen-bond donors (Lipinski definition) is 1. The molecule has 1 aliphatic rings. The number of carbonyl (C=O) groups excluding carboxylic acids is 1. The maximum atomic E-state index is 12.7. The first kappa shape index (κ1) is 15.6. The highest BCUT2D eigenvalue weighted by Gasteiger charge is 2.28. The molecule has 2 aromatic rings. The van der Waals surface area contributed by atoms with Gasteiger partial charge in [-0.3, -0.25) is 4.79 Å². The molecule has 0 saturated carbocycles. The van der Waals surface area contributed by atoms with E-state index in [-0.39, 0.29) is 18.0 Å². The zero-order valence-electron chi connectivity index (χ0n) is 13.5. The summed E-state index contributed by atoms with van der Waals surface area (Å²) in [5, 5.41) is 4.42. The lowest BCUT2D eigenvalue weighted by Gasteiger charge is -2.35. The topological polar surface area (TPSA) is 73.4 Å². The number of benzene rings is 1. The van der Waals surface area contributed by atoms with Crippen LogP contribution in [0.1, 0.15) is 30.3 Å². The van der Waals surface area contributed by atoms with Crippen LogP contribution in [0.25, 0.3) is 5.69 Å². The highest BCUT2D eigenvalue weighted by atomic mass is 16.5. The van der Waals surface area contributed by atoms with Gasteiger partial charge in [0, 0.05) is 24.8 Å². The Morgan fingerprint density at radius 1 is 1.30 bits per heavy atom. The Balaban J connectivity index is 1.76. The van der Waals surface area contributed by atoms with Gasteiger partial charge in [0.1, 0.15) is 5.75 Å². The molecule has 2 unspecified atom stereocenters. The van der Waals surface area contributed by atoms with Crippen molar-refractivity contribution in [2.45, 2.75) is 31.8 Å². The molecule has 3 rings (SSSR count). The van der Waals surface area contributed by atoms with E-state index in [1.54, 1.807) is 24.1 Å². The summed E-state index contributed by atoms with van der Waals surface area (Å²) in [4.78, 5) is 14.5. The van der Waals surface area contributed by atoms with Crippen molar-refractivity contribution in [1.29, 1.82) is 0 Å². The van der Waals surface area contributed by atoms with Crippen molar-refractivity contribution in [2.24, 2.45) is 5.73 Å². The molecule has 6 nitrogen and oxygen atoms in total. The van der Waals surface area contributed by atoms with E-state index in [9.17, 15) is 4.79 Å². The number of ether oxygens (including phenoxy) is 1. The van der Waals surface area contributed by atoms with Crippen LogP contribution in [0.15, 0.2) is 36.5 Å². The Kier molecular flexibility index (Phi) is 4.34. The molecule has 0 radical (unpaired) electrons. The van der Waals surface area contributed by atoms with Gasteiger partial charge in [-0.15, -0.1) is 0 Å². The zero-order chi connectivity index (χ0) is 16.4. The average Bonchev–Trinajstić information content (AvgIpc) is 3.04. The van der Waals surface area contributed by atoms with E-state index in [4.69, 9.17) is 10.5 Å². The van der Waals surface area contributed by atoms with E-state index >= 15 is 0 Å². The molecule has 0 aliphatic carbocycles. The minimum atomic E-state index is -0.0309. The fourth-order valence-corrected chi connectivity index (χ4v) is 2.97. The van der Waals surface area contributed by atoms with Crippen molar-refractivity contribution >= 4 is 5.91 Å². The van der Waals surface area contributed by atoms with Gasteiger partial charge < -0.3 is 15.4 Å². The van der Waals surface area contributed by atoms with Crippen molar-refractivity contribution in [3.63, 3.8) is 0 Å². The summed E-state index contributed by atoms with van der Waals surface area (Å²) < 4.78 is 6.85. The van der Waals surface area contributed by atoms with Crippen molar-refractivity contribution < 1.29 is 9.53 Å². The Morgan fingerprint density at radius 3 is 2.70 bits per heavy atom. The number of hydrogen-bond acceptors (Lipinski definition) is 4. The highest BCUT2D eigenvalue weighted by Crippen LogP contribution is 2.19. The van der Waals surface area contributed by atoms with E-state index in [0.717, 1.165) is 24.3 Å². The Labute approximate surface area is 135 Å². The van der Waals surface area contributed by atoms with Gasteiger partial charge >= 0.3 is 0 Å². The number of nitrogens with two attached hydrogens (primary N) is 1. The smallest absolute Gasteiger partial charge is 0.274 e. The third-order valence-electron chi connectivity index (χ3n) is 4.32. The van der Waals surface area contributed by atoms with Crippen molar-refractivity contribution in [3.05, 3.63) is 42.2 Å². The Hall–Kier alpha value is -2.34. The second-order valence-electron chi connectivity index (χ2n) is 5.98. The van der Waals surface area contributed by atoms with Gasteiger partial charge in [0.2, 0.25) is 0 Å². The quantitative estimate of drug-likeness (QED) is 0.938. The predicted octanol–water partition coefficient (Wildman–Crippen LogP) is 1.83. The third kappa shape index (κ3) is 3.22. The first-order chi connectivity index (χ1) is 11.1. The van der Waals surface area contributed by atoms with E-state index in [0.29, 0.717) is 12.2 Å². The van der Waals surface area contributed by atoms with Crippen molar-refractivity contribution in [2.75, 3.05) is 13.7 Å². The second kappa shape index (κ2) is 6.42. The van der Waals surface area contributed by atoms with E-state index in [1.165, 1.54) is 0 Å². The molecule has 1 aromatic heterocycles. The molecule has 0 bridgehead atoms. The average molecular weight is 314 g/mol. The van der Waals surface area contributed by atoms with E-state index < -0.39 is 0 Å². The number of rotatable bonds is 3. The van der Waals surface area contributed by atoms with Gasteiger partial charge in [-0.05, 0) is 50.1 Å². The number of nitrogens with zero attached hydrogens (tertiary/aromatic N) is 3. The molecular weight excluding hydrogens is 292 g/mol. The summed E-state index contributed by atoms with van der Waals surface area (Å²) in [5.74, 6) is 0.757. The fourth-order valence-electron chi connectivity index (χ4n) is 2.97. The van der Waals surface area contributed by atoms with Crippen LogP contribution in [0.3, 0.4) is 0 Å². The first-order valence-corrected chi connectivity index (χ1v) is 7.85. The minimum absolute atomic E-state index is 0.0309. The summed E-state index contributed by atoms with van der Waals surface area (Å²) in [7, 11) is 1.63. The van der Waals surface area contributed by atoms with Crippen LogP contribution in [0.5, 0.6) is 5.75 Å². The first-order valence-electron chi connectivity index (χ1n) is 7.85. The largest absolute Gasteiger partial charge is 0.497 e. The van der Waals surface area contributed by atoms with Crippen LogP contribution in [-0.2, 0) is 0 Å². The molecular formula is C17H22N4O2. The van der Waals surface area contributed by atoms with Crippen LogP contribution in [0.4, 0.5) is 0 Å². The van der Waals surface area contributed by atoms with Gasteiger partial charge in [0.15, 0.2) is 5.69 Å². The zero-order valence-corrected chi connectivity index (χ0v) is 13.5. The predicted molar refractivity (Wildman–Crippen MR) is 87.8 cm³/mol. The molecule has 23 heavy (non-hydrogen) atoms. The maximum absolute atomic E-state index is 12.7. The normalized spacial score (nSPS) is 21.3. The molecule has 1 aliphatic heterocycles. The lowest BCUT2D eigenvalue weighted by molar-refractivity contribution is 0.0612. The van der Waals surface area contributed by atoms with E-state index in [2.05, 4.69) is 5.10 Å². The van der Waals surface area contributed by atoms with Crippen LogP contribution in [0, 0.1) is 0 Å². The number of carbonyl (C=O) groups is 1. The molecule has 1 aromatic carbocycles. The minimum Gasteiger partial charge on any atom is -0.497 e. The molecule has 0 spiro atoms. The number of methoxy groups -OCH3 is 1. The second-order valence-corrected chi connectivity index (χ2v) is 5.98. The number of aromatic nitrogens is 2. The molecule has 2 atom stereocenters. The summed E-state index contributed by atoms with van der Waals surface area (Å²) in [6.07, 6.45) is 3.48. The maximum Gasteiger partial charge on any atom is 0.274 e.